The highest BCUT2D eigenvalue weighted by Gasteiger charge is 2.38. The third-order valence-corrected chi connectivity index (χ3v) is 5.28. The number of pyridine rings is 1. The van der Waals surface area contributed by atoms with Crippen molar-refractivity contribution in [3.63, 3.8) is 0 Å². The van der Waals surface area contributed by atoms with Gasteiger partial charge in [-0.1, -0.05) is 42.8 Å². The van der Waals surface area contributed by atoms with E-state index in [1.807, 2.05) is 37.2 Å². The lowest BCUT2D eigenvalue weighted by Gasteiger charge is -2.43. The van der Waals surface area contributed by atoms with Crippen LogP contribution in [0.3, 0.4) is 0 Å². The summed E-state index contributed by atoms with van der Waals surface area (Å²) in [5, 5.41) is 6.93. The Balaban J connectivity index is 0.00000280. The molecule has 152 valence electrons. The Labute approximate surface area is 186 Å². The van der Waals surface area contributed by atoms with Gasteiger partial charge in [-0.2, -0.15) is 0 Å². The number of aliphatic imine (C=N–C) groups is 1. The van der Waals surface area contributed by atoms with Crippen LogP contribution in [-0.4, -0.2) is 38.1 Å². The normalized spacial score (nSPS) is 15.2. The summed E-state index contributed by atoms with van der Waals surface area (Å²) < 4.78 is 0. The van der Waals surface area contributed by atoms with Crippen molar-refractivity contribution in [3.05, 3.63) is 59.8 Å². The van der Waals surface area contributed by atoms with Gasteiger partial charge >= 0.3 is 0 Å². The standard InChI is InChI=1S/C22H31N5.HI/c1-4-23-21(24-16-19-12-8-13-20(26-19)27(2)3)25-17-22(14-9-15-22)18-10-6-5-7-11-18;/h5-8,10-13H,4,9,14-17H2,1-3H3,(H2,23,24,25);1H. The van der Waals surface area contributed by atoms with E-state index in [0.717, 1.165) is 30.6 Å². The summed E-state index contributed by atoms with van der Waals surface area (Å²) in [7, 11) is 4.01. The van der Waals surface area contributed by atoms with Gasteiger partial charge in [-0.05, 0) is 37.5 Å². The van der Waals surface area contributed by atoms with E-state index in [4.69, 9.17) is 4.99 Å². The Morgan fingerprint density at radius 3 is 2.43 bits per heavy atom. The van der Waals surface area contributed by atoms with E-state index in [1.165, 1.54) is 24.8 Å². The third kappa shape index (κ3) is 5.59. The predicted molar refractivity (Wildman–Crippen MR) is 129 cm³/mol. The fourth-order valence-corrected chi connectivity index (χ4v) is 3.52. The van der Waals surface area contributed by atoms with Crippen LogP contribution in [0.4, 0.5) is 5.82 Å². The minimum Gasteiger partial charge on any atom is -0.363 e. The van der Waals surface area contributed by atoms with E-state index in [0.29, 0.717) is 6.54 Å². The zero-order valence-electron chi connectivity index (χ0n) is 17.1. The van der Waals surface area contributed by atoms with Gasteiger partial charge in [0.2, 0.25) is 0 Å². The van der Waals surface area contributed by atoms with Crippen LogP contribution in [0.2, 0.25) is 0 Å². The van der Waals surface area contributed by atoms with Crippen molar-refractivity contribution in [1.82, 2.24) is 15.6 Å². The molecule has 1 saturated carbocycles. The van der Waals surface area contributed by atoms with Gasteiger partial charge in [-0.15, -0.1) is 24.0 Å². The number of rotatable bonds is 7. The van der Waals surface area contributed by atoms with E-state index in [1.54, 1.807) is 0 Å². The summed E-state index contributed by atoms with van der Waals surface area (Å²) in [6, 6.07) is 16.9. The topological polar surface area (TPSA) is 52.6 Å². The summed E-state index contributed by atoms with van der Waals surface area (Å²) in [6.07, 6.45) is 3.76. The van der Waals surface area contributed by atoms with Crippen LogP contribution in [0.1, 0.15) is 37.4 Å². The fraction of sp³-hybridized carbons (Fsp3) is 0.455. The monoisotopic (exact) mass is 493 g/mol. The van der Waals surface area contributed by atoms with E-state index in [2.05, 4.69) is 52.9 Å². The van der Waals surface area contributed by atoms with Gasteiger partial charge in [0.05, 0.1) is 12.2 Å². The van der Waals surface area contributed by atoms with Crippen molar-refractivity contribution < 1.29 is 0 Å². The number of nitrogens with zero attached hydrogens (tertiary/aromatic N) is 3. The van der Waals surface area contributed by atoms with Crippen molar-refractivity contribution in [3.8, 4) is 0 Å². The molecule has 0 saturated heterocycles. The van der Waals surface area contributed by atoms with Gasteiger partial charge in [0.1, 0.15) is 5.82 Å². The summed E-state index contributed by atoms with van der Waals surface area (Å²) >= 11 is 0. The summed E-state index contributed by atoms with van der Waals surface area (Å²) in [4.78, 5) is 11.4. The average Bonchev–Trinajstić information content (AvgIpc) is 2.66. The van der Waals surface area contributed by atoms with Gasteiger partial charge in [0.25, 0.3) is 0 Å². The number of halogens is 1. The highest BCUT2D eigenvalue weighted by atomic mass is 127. The number of anilines is 1. The zero-order chi connectivity index (χ0) is 19.1. The minimum atomic E-state index is 0. The Kier molecular flexibility index (Phi) is 8.54. The molecule has 3 rings (SSSR count). The Morgan fingerprint density at radius 1 is 1.07 bits per heavy atom. The first-order chi connectivity index (χ1) is 13.1. The molecular weight excluding hydrogens is 461 g/mol. The number of guanidine groups is 1. The lowest BCUT2D eigenvalue weighted by atomic mass is 9.64. The van der Waals surface area contributed by atoms with Gasteiger partial charge < -0.3 is 15.5 Å². The molecule has 5 nitrogen and oxygen atoms in total. The number of hydrogen-bond acceptors (Lipinski definition) is 3. The first-order valence-corrected chi connectivity index (χ1v) is 9.84. The maximum atomic E-state index is 4.75. The summed E-state index contributed by atoms with van der Waals surface area (Å²) in [5.74, 6) is 1.81. The smallest absolute Gasteiger partial charge is 0.191 e. The maximum absolute atomic E-state index is 4.75. The Hall–Kier alpha value is -1.83. The van der Waals surface area contributed by atoms with Crippen LogP contribution in [0.25, 0.3) is 0 Å². The van der Waals surface area contributed by atoms with Crippen molar-refractivity contribution >= 4 is 35.8 Å². The molecule has 1 aromatic carbocycles. The molecule has 6 heteroatoms. The molecule has 0 amide bonds. The van der Waals surface area contributed by atoms with E-state index >= 15 is 0 Å². The van der Waals surface area contributed by atoms with Crippen molar-refractivity contribution in [2.75, 3.05) is 32.1 Å². The van der Waals surface area contributed by atoms with Gasteiger partial charge in [-0.3, -0.25) is 0 Å². The molecule has 1 aliphatic rings. The van der Waals surface area contributed by atoms with Crippen LogP contribution in [0, 0.1) is 0 Å². The molecule has 0 radical (unpaired) electrons. The van der Waals surface area contributed by atoms with Crippen LogP contribution in [0.15, 0.2) is 53.5 Å². The SMILES string of the molecule is CCNC(=NCc1cccc(N(C)C)n1)NCC1(c2ccccc2)CCC1.I. The number of aromatic nitrogens is 1. The molecule has 28 heavy (non-hydrogen) atoms. The van der Waals surface area contributed by atoms with Crippen LogP contribution < -0.4 is 15.5 Å². The molecule has 1 heterocycles. The summed E-state index contributed by atoms with van der Waals surface area (Å²) in [6.45, 7) is 4.41. The second kappa shape index (κ2) is 10.6. The van der Waals surface area contributed by atoms with Crippen molar-refractivity contribution in [2.45, 2.75) is 38.1 Å². The molecule has 2 N–H and O–H groups in total. The van der Waals surface area contributed by atoms with Gasteiger partial charge in [-0.25, -0.2) is 9.98 Å². The lowest BCUT2D eigenvalue weighted by Crippen LogP contribution is -2.48. The number of nitrogens with one attached hydrogen (secondary N) is 2. The molecule has 0 aliphatic heterocycles. The van der Waals surface area contributed by atoms with E-state index < -0.39 is 0 Å². The zero-order valence-corrected chi connectivity index (χ0v) is 19.4. The molecule has 1 fully saturated rings. The molecule has 2 aromatic rings. The molecule has 0 spiro atoms. The molecule has 0 bridgehead atoms. The third-order valence-electron chi connectivity index (χ3n) is 5.28. The highest BCUT2D eigenvalue weighted by Crippen LogP contribution is 2.43. The van der Waals surface area contributed by atoms with Crippen LogP contribution in [-0.2, 0) is 12.0 Å². The van der Waals surface area contributed by atoms with Crippen molar-refractivity contribution in [2.24, 2.45) is 4.99 Å². The molecule has 1 aromatic heterocycles. The van der Waals surface area contributed by atoms with Crippen LogP contribution in [0.5, 0.6) is 0 Å². The largest absolute Gasteiger partial charge is 0.363 e. The molecule has 0 atom stereocenters. The first kappa shape index (κ1) is 22.5. The maximum Gasteiger partial charge on any atom is 0.191 e. The average molecular weight is 493 g/mol. The minimum absolute atomic E-state index is 0. The number of hydrogen-bond donors (Lipinski definition) is 2. The second-order valence-corrected chi connectivity index (χ2v) is 7.43. The quantitative estimate of drug-likeness (QED) is 0.349. The predicted octanol–water partition coefficient (Wildman–Crippen LogP) is 3.94. The summed E-state index contributed by atoms with van der Waals surface area (Å²) in [5.41, 5.74) is 2.64. The van der Waals surface area contributed by atoms with Gasteiger partial charge in [0, 0.05) is 32.6 Å². The van der Waals surface area contributed by atoms with Crippen molar-refractivity contribution in [1.29, 1.82) is 0 Å². The van der Waals surface area contributed by atoms with Gasteiger partial charge in [0.15, 0.2) is 5.96 Å². The molecular formula is C22H32IN5. The fourth-order valence-electron chi connectivity index (χ4n) is 3.52. The highest BCUT2D eigenvalue weighted by molar-refractivity contribution is 14.0. The second-order valence-electron chi connectivity index (χ2n) is 7.43. The number of benzene rings is 1. The molecule has 0 unspecified atom stereocenters. The first-order valence-electron chi connectivity index (χ1n) is 9.84. The Morgan fingerprint density at radius 2 is 1.82 bits per heavy atom. The van der Waals surface area contributed by atoms with E-state index in [9.17, 15) is 0 Å². The Bertz CT molecular complexity index is 757. The van der Waals surface area contributed by atoms with Crippen LogP contribution >= 0.6 is 24.0 Å². The molecule has 1 aliphatic carbocycles. The lowest BCUT2D eigenvalue weighted by molar-refractivity contribution is 0.244. The van der Waals surface area contributed by atoms with E-state index in [-0.39, 0.29) is 29.4 Å².